The zero-order chi connectivity index (χ0) is 14.0. The van der Waals surface area contributed by atoms with Gasteiger partial charge in [-0.05, 0) is 13.0 Å². The monoisotopic (exact) mass is 282 g/mol. The van der Waals surface area contributed by atoms with Crippen LogP contribution in [0.5, 0.6) is 0 Å². The van der Waals surface area contributed by atoms with Crippen molar-refractivity contribution in [1.82, 2.24) is 10.1 Å². The second-order valence-electron chi connectivity index (χ2n) is 3.50. The number of halogens is 1. The van der Waals surface area contributed by atoms with Gasteiger partial charge in [0.2, 0.25) is 0 Å². The Kier molecular flexibility index (Phi) is 3.43. The first kappa shape index (κ1) is 13.0. The molecule has 2 rings (SSSR count). The number of anilines is 1. The lowest BCUT2D eigenvalue weighted by Gasteiger charge is -2.03. The van der Waals surface area contributed by atoms with Crippen LogP contribution in [0.1, 0.15) is 16.2 Å². The van der Waals surface area contributed by atoms with E-state index in [1.54, 1.807) is 6.92 Å². The van der Waals surface area contributed by atoms with Crippen LogP contribution >= 0.6 is 11.6 Å². The van der Waals surface area contributed by atoms with Crippen molar-refractivity contribution < 1.29 is 14.2 Å². The first-order valence-corrected chi connectivity index (χ1v) is 5.41. The summed E-state index contributed by atoms with van der Waals surface area (Å²) >= 11 is 5.80. The third-order valence-electron chi connectivity index (χ3n) is 2.17. The van der Waals surface area contributed by atoms with E-state index in [2.05, 4.69) is 15.5 Å². The highest BCUT2D eigenvalue weighted by Crippen LogP contribution is 2.28. The second kappa shape index (κ2) is 5.02. The number of aromatic nitrogens is 2. The highest BCUT2D eigenvalue weighted by molar-refractivity contribution is 6.36. The maximum atomic E-state index is 11.9. The Bertz CT molecular complexity index is 655. The number of rotatable bonds is 3. The Hall–Kier alpha value is -2.48. The van der Waals surface area contributed by atoms with E-state index in [4.69, 9.17) is 16.1 Å². The summed E-state index contributed by atoms with van der Waals surface area (Å²) in [6.45, 7) is 1.58. The highest BCUT2D eigenvalue weighted by Gasteiger charge is 2.21. The molecule has 0 radical (unpaired) electrons. The van der Waals surface area contributed by atoms with Crippen molar-refractivity contribution in [3.05, 3.63) is 44.7 Å². The fourth-order valence-electron chi connectivity index (χ4n) is 1.35. The zero-order valence-corrected chi connectivity index (χ0v) is 10.3. The van der Waals surface area contributed by atoms with Gasteiger partial charge < -0.3 is 4.52 Å². The predicted octanol–water partition coefficient (Wildman–Crippen LogP) is 2.19. The lowest BCUT2D eigenvalue weighted by molar-refractivity contribution is -0.384. The molecule has 2 aromatic rings. The van der Waals surface area contributed by atoms with Crippen LogP contribution in [-0.4, -0.2) is 21.0 Å². The van der Waals surface area contributed by atoms with Gasteiger partial charge >= 0.3 is 6.01 Å². The molecule has 0 saturated carbocycles. The summed E-state index contributed by atoms with van der Waals surface area (Å²) in [6, 6.07) is 3.81. The number of nitro benzene ring substituents is 1. The van der Waals surface area contributed by atoms with Crippen molar-refractivity contribution in [3.63, 3.8) is 0 Å². The van der Waals surface area contributed by atoms with E-state index >= 15 is 0 Å². The SMILES string of the molecule is Cc1noc(NC(=O)c2cccc([N+](=O)[O-])c2Cl)n1. The zero-order valence-electron chi connectivity index (χ0n) is 9.58. The molecule has 0 atom stereocenters. The van der Waals surface area contributed by atoms with E-state index in [1.807, 2.05) is 0 Å². The average molecular weight is 283 g/mol. The van der Waals surface area contributed by atoms with E-state index in [1.165, 1.54) is 18.2 Å². The Labute approximate surface area is 111 Å². The van der Waals surface area contributed by atoms with E-state index in [-0.39, 0.29) is 22.3 Å². The number of carbonyl (C=O) groups is 1. The number of nitro groups is 1. The maximum Gasteiger partial charge on any atom is 0.328 e. The van der Waals surface area contributed by atoms with E-state index in [0.29, 0.717) is 5.82 Å². The highest BCUT2D eigenvalue weighted by atomic mass is 35.5. The molecule has 0 aliphatic heterocycles. The average Bonchev–Trinajstić information content (AvgIpc) is 2.74. The first-order valence-electron chi connectivity index (χ1n) is 5.03. The molecule has 0 saturated heterocycles. The van der Waals surface area contributed by atoms with Crippen LogP contribution in [0.4, 0.5) is 11.7 Å². The Balaban J connectivity index is 2.29. The van der Waals surface area contributed by atoms with Gasteiger partial charge in [-0.2, -0.15) is 4.98 Å². The molecule has 0 bridgehead atoms. The Morgan fingerprint density at radius 1 is 1.53 bits per heavy atom. The third kappa shape index (κ3) is 2.68. The van der Waals surface area contributed by atoms with Gasteiger partial charge in [0.05, 0.1) is 10.5 Å². The minimum atomic E-state index is -0.671. The van der Waals surface area contributed by atoms with Crippen LogP contribution in [0.2, 0.25) is 5.02 Å². The van der Waals surface area contributed by atoms with Gasteiger partial charge in [-0.25, -0.2) is 0 Å². The number of amides is 1. The standard InChI is InChI=1S/C10H7ClN4O4/c1-5-12-10(19-14-5)13-9(16)6-3-2-4-7(8(6)11)15(17)18/h2-4H,1H3,(H,12,13,14,16). The molecule has 0 aliphatic rings. The van der Waals surface area contributed by atoms with Crippen molar-refractivity contribution in [3.8, 4) is 0 Å². The van der Waals surface area contributed by atoms with Crippen molar-refractivity contribution in [2.75, 3.05) is 5.32 Å². The normalized spacial score (nSPS) is 10.2. The summed E-state index contributed by atoms with van der Waals surface area (Å²) in [5.74, 6) is -0.321. The summed E-state index contributed by atoms with van der Waals surface area (Å²) in [4.78, 5) is 25.7. The maximum absolute atomic E-state index is 11.9. The fourth-order valence-corrected chi connectivity index (χ4v) is 1.63. The van der Waals surface area contributed by atoms with E-state index in [0.717, 1.165) is 0 Å². The summed E-state index contributed by atoms with van der Waals surface area (Å²) in [5, 5.41) is 16.2. The third-order valence-corrected chi connectivity index (χ3v) is 2.56. The number of aryl methyl sites for hydroxylation is 1. The van der Waals surface area contributed by atoms with Crippen LogP contribution in [0.25, 0.3) is 0 Å². The van der Waals surface area contributed by atoms with Crippen molar-refractivity contribution >= 4 is 29.2 Å². The molecule has 8 nitrogen and oxygen atoms in total. The van der Waals surface area contributed by atoms with Crippen molar-refractivity contribution in [1.29, 1.82) is 0 Å². The quantitative estimate of drug-likeness (QED) is 0.682. The summed E-state index contributed by atoms with van der Waals surface area (Å²) in [7, 11) is 0. The molecule has 0 unspecified atom stereocenters. The molecule has 19 heavy (non-hydrogen) atoms. The van der Waals surface area contributed by atoms with Crippen LogP contribution in [0.3, 0.4) is 0 Å². The van der Waals surface area contributed by atoms with E-state index in [9.17, 15) is 14.9 Å². The van der Waals surface area contributed by atoms with Crippen molar-refractivity contribution in [2.45, 2.75) is 6.92 Å². The van der Waals surface area contributed by atoms with Crippen LogP contribution in [0.15, 0.2) is 22.7 Å². The van der Waals surface area contributed by atoms with Gasteiger partial charge in [-0.15, -0.1) is 0 Å². The molecular formula is C10H7ClN4O4. The molecule has 1 aromatic heterocycles. The molecule has 0 aliphatic carbocycles. The number of carbonyl (C=O) groups excluding carboxylic acids is 1. The van der Waals surface area contributed by atoms with Crippen LogP contribution < -0.4 is 5.32 Å². The smallest absolute Gasteiger partial charge is 0.315 e. The number of hydrogen-bond donors (Lipinski definition) is 1. The van der Waals surface area contributed by atoms with Crippen molar-refractivity contribution in [2.24, 2.45) is 0 Å². The molecule has 0 fully saturated rings. The molecule has 1 N–H and O–H groups in total. The van der Waals surface area contributed by atoms with E-state index < -0.39 is 10.8 Å². The largest absolute Gasteiger partial charge is 0.328 e. The van der Waals surface area contributed by atoms with Gasteiger partial charge in [0.15, 0.2) is 5.82 Å². The van der Waals surface area contributed by atoms with Gasteiger partial charge in [-0.3, -0.25) is 20.2 Å². The number of nitrogens with zero attached hydrogens (tertiary/aromatic N) is 3. The minimum Gasteiger partial charge on any atom is -0.315 e. The topological polar surface area (TPSA) is 111 Å². The number of benzene rings is 1. The first-order chi connectivity index (χ1) is 8.99. The Morgan fingerprint density at radius 2 is 2.26 bits per heavy atom. The Morgan fingerprint density at radius 3 is 2.84 bits per heavy atom. The van der Waals surface area contributed by atoms with Crippen LogP contribution in [0, 0.1) is 17.0 Å². The van der Waals surface area contributed by atoms with Crippen LogP contribution in [-0.2, 0) is 0 Å². The molecular weight excluding hydrogens is 276 g/mol. The number of nitrogens with one attached hydrogen (secondary N) is 1. The lowest BCUT2D eigenvalue weighted by atomic mass is 10.2. The number of hydrogen-bond acceptors (Lipinski definition) is 6. The molecule has 1 aromatic carbocycles. The second-order valence-corrected chi connectivity index (χ2v) is 3.87. The molecule has 98 valence electrons. The summed E-state index contributed by atoms with van der Waals surface area (Å²) in [6.07, 6.45) is 0. The molecule has 0 spiro atoms. The lowest BCUT2D eigenvalue weighted by Crippen LogP contribution is -2.13. The van der Waals surface area contributed by atoms with Gasteiger partial charge in [0.25, 0.3) is 11.6 Å². The van der Waals surface area contributed by atoms with Gasteiger partial charge in [-0.1, -0.05) is 22.8 Å². The summed E-state index contributed by atoms with van der Waals surface area (Å²) < 4.78 is 4.70. The molecule has 1 heterocycles. The molecule has 1 amide bonds. The summed E-state index contributed by atoms with van der Waals surface area (Å²) in [5.41, 5.74) is -0.400. The fraction of sp³-hybridized carbons (Fsp3) is 0.100. The minimum absolute atomic E-state index is 0.0493. The molecule has 9 heteroatoms. The van der Waals surface area contributed by atoms with Gasteiger partial charge in [0, 0.05) is 6.07 Å². The predicted molar refractivity (Wildman–Crippen MR) is 65.1 cm³/mol. The van der Waals surface area contributed by atoms with Gasteiger partial charge in [0.1, 0.15) is 5.02 Å².